The molecule has 0 spiro atoms. The van der Waals surface area contributed by atoms with Crippen LogP contribution in [0.3, 0.4) is 0 Å². The van der Waals surface area contributed by atoms with Gasteiger partial charge >= 0.3 is 0 Å². The van der Waals surface area contributed by atoms with Gasteiger partial charge in [0.2, 0.25) is 0 Å². The van der Waals surface area contributed by atoms with Crippen LogP contribution in [-0.2, 0) is 10.8 Å². The molecule has 3 nitrogen and oxygen atoms in total. The molecule has 2 N–H and O–H groups in total. The van der Waals surface area contributed by atoms with E-state index in [2.05, 4.69) is 72.7 Å². The second-order valence-corrected chi connectivity index (χ2v) is 9.93. The third kappa shape index (κ3) is 5.15. The molecule has 158 valence electrons. The van der Waals surface area contributed by atoms with Gasteiger partial charge < -0.3 is 15.2 Å². The smallest absolute Gasteiger partial charge is 0.131 e. The van der Waals surface area contributed by atoms with Crippen molar-refractivity contribution in [2.24, 2.45) is 0 Å². The van der Waals surface area contributed by atoms with Gasteiger partial charge in [-0.1, -0.05) is 59.2 Å². The number of benzene rings is 3. The van der Waals surface area contributed by atoms with Gasteiger partial charge in [-0.25, -0.2) is 0 Å². The van der Waals surface area contributed by atoms with Crippen molar-refractivity contribution in [1.29, 1.82) is 0 Å². The van der Waals surface area contributed by atoms with Crippen LogP contribution >= 0.6 is 0 Å². The number of aryl methyl sites for hydroxylation is 1. The van der Waals surface area contributed by atoms with Crippen LogP contribution in [0.15, 0.2) is 60.7 Å². The highest BCUT2D eigenvalue weighted by atomic mass is 16.5. The highest BCUT2D eigenvalue weighted by Gasteiger charge is 2.27. The lowest BCUT2D eigenvalue weighted by Gasteiger charge is -2.29. The van der Waals surface area contributed by atoms with E-state index in [1.807, 2.05) is 36.4 Å². The molecule has 3 rings (SSSR count). The van der Waals surface area contributed by atoms with Crippen molar-refractivity contribution in [3.05, 3.63) is 77.4 Å². The van der Waals surface area contributed by atoms with Crippen molar-refractivity contribution in [2.45, 2.75) is 59.3 Å². The lowest BCUT2D eigenvalue weighted by atomic mass is 9.81. The number of nitrogen functional groups attached to an aromatic ring is 1. The van der Waals surface area contributed by atoms with E-state index in [-0.39, 0.29) is 10.8 Å². The summed E-state index contributed by atoms with van der Waals surface area (Å²) in [5, 5.41) is 0. The minimum Gasteiger partial charge on any atom is -0.457 e. The Morgan fingerprint density at radius 2 is 0.967 bits per heavy atom. The van der Waals surface area contributed by atoms with Gasteiger partial charge in [-0.2, -0.15) is 0 Å². The van der Waals surface area contributed by atoms with Gasteiger partial charge in [0.1, 0.15) is 23.0 Å². The standard InChI is InChI=1S/C27H33NO2/c1-18-8-12-20(13-9-18)29-24-16-23(27(5,6)7)25(17-22(24)26(2,3)4)30-21-14-10-19(28)11-15-21/h8-17H,28H2,1-7H3. The van der Waals surface area contributed by atoms with Gasteiger partial charge in [-0.05, 0) is 66.3 Å². The van der Waals surface area contributed by atoms with Gasteiger partial charge in [0.25, 0.3) is 0 Å². The highest BCUT2D eigenvalue weighted by molar-refractivity contribution is 5.54. The summed E-state index contributed by atoms with van der Waals surface area (Å²) in [6.07, 6.45) is 0. The Hall–Kier alpha value is -2.94. The first-order valence-electron chi connectivity index (χ1n) is 10.4. The Balaban J connectivity index is 2.12. The molecule has 0 bridgehead atoms. The molecule has 0 fully saturated rings. The summed E-state index contributed by atoms with van der Waals surface area (Å²) in [5.41, 5.74) is 9.71. The summed E-state index contributed by atoms with van der Waals surface area (Å²) in [7, 11) is 0. The first kappa shape index (κ1) is 21.8. The second-order valence-electron chi connectivity index (χ2n) is 9.93. The molecule has 0 amide bonds. The van der Waals surface area contributed by atoms with Crippen LogP contribution < -0.4 is 15.2 Å². The van der Waals surface area contributed by atoms with Crippen molar-refractivity contribution in [3.63, 3.8) is 0 Å². The molecule has 0 aliphatic heterocycles. The number of hydrogen-bond acceptors (Lipinski definition) is 3. The predicted molar refractivity (Wildman–Crippen MR) is 126 cm³/mol. The first-order chi connectivity index (χ1) is 13.9. The molecule has 0 heterocycles. The lowest BCUT2D eigenvalue weighted by Crippen LogP contribution is -2.17. The SMILES string of the molecule is Cc1ccc(Oc2cc(C(C)(C)C)c(Oc3ccc(N)cc3)cc2C(C)(C)C)cc1. The average Bonchev–Trinajstić information content (AvgIpc) is 2.64. The number of hydrogen-bond donors (Lipinski definition) is 1. The van der Waals surface area contributed by atoms with E-state index in [4.69, 9.17) is 15.2 Å². The van der Waals surface area contributed by atoms with E-state index in [1.165, 1.54) is 5.56 Å². The van der Waals surface area contributed by atoms with Crippen LogP contribution in [0.25, 0.3) is 0 Å². The van der Waals surface area contributed by atoms with Crippen molar-refractivity contribution < 1.29 is 9.47 Å². The van der Waals surface area contributed by atoms with Crippen LogP contribution in [0.1, 0.15) is 58.2 Å². The molecule has 3 heteroatoms. The van der Waals surface area contributed by atoms with Crippen LogP contribution in [-0.4, -0.2) is 0 Å². The quantitative estimate of drug-likeness (QED) is 0.453. The van der Waals surface area contributed by atoms with Gasteiger partial charge in [0.05, 0.1) is 0 Å². The Morgan fingerprint density at radius 3 is 1.33 bits per heavy atom. The van der Waals surface area contributed by atoms with Gasteiger partial charge in [0.15, 0.2) is 0 Å². The van der Waals surface area contributed by atoms with E-state index >= 15 is 0 Å². The normalized spacial score (nSPS) is 12.0. The van der Waals surface area contributed by atoms with Crippen LogP contribution in [0.5, 0.6) is 23.0 Å². The maximum Gasteiger partial charge on any atom is 0.131 e. The molecule has 0 unspecified atom stereocenters. The fourth-order valence-electron chi connectivity index (χ4n) is 3.30. The van der Waals surface area contributed by atoms with Crippen molar-refractivity contribution in [2.75, 3.05) is 5.73 Å². The molecule has 30 heavy (non-hydrogen) atoms. The Morgan fingerprint density at radius 1 is 0.600 bits per heavy atom. The molecular weight excluding hydrogens is 370 g/mol. The predicted octanol–water partition coefficient (Wildman–Crippen LogP) is 7.76. The third-order valence-electron chi connectivity index (χ3n) is 5.05. The molecule has 0 aliphatic carbocycles. The molecule has 0 saturated heterocycles. The molecule has 0 radical (unpaired) electrons. The van der Waals surface area contributed by atoms with Crippen LogP contribution in [0.4, 0.5) is 5.69 Å². The lowest BCUT2D eigenvalue weighted by molar-refractivity contribution is 0.429. The minimum absolute atomic E-state index is 0.115. The number of nitrogens with two attached hydrogens (primary N) is 1. The summed E-state index contributed by atoms with van der Waals surface area (Å²) < 4.78 is 12.7. The van der Waals surface area contributed by atoms with E-state index in [0.717, 1.165) is 39.8 Å². The monoisotopic (exact) mass is 403 g/mol. The zero-order valence-electron chi connectivity index (χ0n) is 19.2. The average molecular weight is 404 g/mol. The molecule has 0 atom stereocenters. The minimum atomic E-state index is -0.120. The van der Waals surface area contributed by atoms with E-state index in [9.17, 15) is 0 Å². The summed E-state index contributed by atoms with van der Waals surface area (Å²) in [5.74, 6) is 3.30. The summed E-state index contributed by atoms with van der Waals surface area (Å²) >= 11 is 0. The second kappa shape index (κ2) is 8.06. The van der Waals surface area contributed by atoms with Gasteiger partial charge in [-0.3, -0.25) is 0 Å². The van der Waals surface area contributed by atoms with Crippen molar-refractivity contribution >= 4 is 5.69 Å². The van der Waals surface area contributed by atoms with E-state index in [0.29, 0.717) is 0 Å². The summed E-state index contributed by atoms with van der Waals surface area (Å²) in [4.78, 5) is 0. The fraction of sp³-hybridized carbons (Fsp3) is 0.333. The van der Waals surface area contributed by atoms with Crippen LogP contribution in [0, 0.1) is 6.92 Å². The number of anilines is 1. The third-order valence-corrected chi connectivity index (χ3v) is 5.05. The topological polar surface area (TPSA) is 44.5 Å². The Labute approximate surface area is 180 Å². The largest absolute Gasteiger partial charge is 0.457 e. The molecule has 0 aliphatic rings. The molecule has 0 aromatic heterocycles. The maximum atomic E-state index is 6.38. The van der Waals surface area contributed by atoms with Gasteiger partial charge in [-0.15, -0.1) is 0 Å². The van der Waals surface area contributed by atoms with Crippen molar-refractivity contribution in [3.8, 4) is 23.0 Å². The molecule has 3 aromatic rings. The zero-order valence-corrected chi connectivity index (χ0v) is 19.2. The maximum absolute atomic E-state index is 6.38. The fourth-order valence-corrected chi connectivity index (χ4v) is 3.30. The molecule has 3 aromatic carbocycles. The summed E-state index contributed by atoms with van der Waals surface area (Å²) in [6, 6.07) is 19.9. The van der Waals surface area contributed by atoms with Crippen LogP contribution in [0.2, 0.25) is 0 Å². The zero-order chi connectivity index (χ0) is 22.1. The number of ether oxygens (including phenoxy) is 2. The first-order valence-corrected chi connectivity index (χ1v) is 10.4. The van der Waals surface area contributed by atoms with Crippen molar-refractivity contribution in [1.82, 2.24) is 0 Å². The highest BCUT2D eigenvalue weighted by Crippen LogP contribution is 2.44. The molecular formula is C27H33NO2. The summed E-state index contributed by atoms with van der Waals surface area (Å²) in [6.45, 7) is 15.2. The Kier molecular flexibility index (Phi) is 5.85. The number of rotatable bonds is 4. The molecule has 0 saturated carbocycles. The van der Waals surface area contributed by atoms with E-state index < -0.39 is 0 Å². The Bertz CT molecular complexity index is 920. The van der Waals surface area contributed by atoms with E-state index in [1.54, 1.807) is 0 Å². The van der Waals surface area contributed by atoms with Gasteiger partial charge in [0, 0.05) is 16.8 Å².